The van der Waals surface area contributed by atoms with Crippen LogP contribution in [0.2, 0.25) is 0 Å². The molecular weight excluding hydrogens is 417 g/mol. The van der Waals surface area contributed by atoms with Gasteiger partial charge in [-0.1, -0.05) is 35.8 Å². The predicted octanol–water partition coefficient (Wildman–Crippen LogP) is 5.62. The van der Waals surface area contributed by atoms with Crippen LogP contribution in [0, 0.1) is 5.92 Å². The molecule has 144 valence electrons. The minimum absolute atomic E-state index is 0.116. The van der Waals surface area contributed by atoms with Crippen molar-refractivity contribution in [1.82, 2.24) is 4.98 Å². The quantitative estimate of drug-likeness (QED) is 0.470. The monoisotopic (exact) mass is 443 g/mol. The van der Waals surface area contributed by atoms with E-state index in [2.05, 4.69) is 29.8 Å². The SMILES string of the molecule is CCOP(=O)(OCC)c1cc(Br)cc2ccc(C(CC(C)C)OC)nc12. The van der Waals surface area contributed by atoms with E-state index in [1.54, 1.807) is 27.0 Å². The Labute approximate surface area is 164 Å². The van der Waals surface area contributed by atoms with Gasteiger partial charge in [0.1, 0.15) is 0 Å². The number of halogens is 1. The molecule has 7 heteroatoms. The second kappa shape index (κ2) is 9.43. The molecule has 1 heterocycles. The van der Waals surface area contributed by atoms with Crippen molar-refractivity contribution in [3.8, 4) is 0 Å². The van der Waals surface area contributed by atoms with E-state index in [9.17, 15) is 4.57 Å². The minimum atomic E-state index is -3.46. The zero-order valence-electron chi connectivity index (χ0n) is 16.0. The van der Waals surface area contributed by atoms with Gasteiger partial charge in [-0.05, 0) is 44.4 Å². The molecule has 0 aliphatic rings. The average Bonchev–Trinajstić information content (AvgIpc) is 2.59. The number of hydrogen-bond donors (Lipinski definition) is 0. The van der Waals surface area contributed by atoms with Crippen LogP contribution in [0.1, 0.15) is 45.9 Å². The Morgan fingerprint density at radius 2 is 1.81 bits per heavy atom. The molecule has 0 radical (unpaired) electrons. The number of aromatic nitrogens is 1. The molecule has 0 aliphatic heterocycles. The lowest BCUT2D eigenvalue weighted by Gasteiger charge is -2.21. The lowest BCUT2D eigenvalue weighted by atomic mass is 10.0. The maximum absolute atomic E-state index is 13.4. The summed E-state index contributed by atoms with van der Waals surface area (Å²) in [6.07, 6.45) is 0.740. The van der Waals surface area contributed by atoms with Gasteiger partial charge in [0.2, 0.25) is 0 Å². The summed E-state index contributed by atoms with van der Waals surface area (Å²) in [7, 11) is -1.78. The fourth-order valence-corrected chi connectivity index (χ4v) is 5.29. The van der Waals surface area contributed by atoms with Crippen LogP contribution in [0.5, 0.6) is 0 Å². The number of ether oxygens (including phenoxy) is 1. The van der Waals surface area contributed by atoms with Crippen molar-refractivity contribution in [3.63, 3.8) is 0 Å². The second-order valence-corrected chi connectivity index (χ2v) is 9.33. The van der Waals surface area contributed by atoms with E-state index >= 15 is 0 Å². The molecule has 1 aromatic carbocycles. The third kappa shape index (κ3) is 4.93. The van der Waals surface area contributed by atoms with Crippen LogP contribution in [0.3, 0.4) is 0 Å². The van der Waals surface area contributed by atoms with Crippen LogP contribution in [0.15, 0.2) is 28.7 Å². The van der Waals surface area contributed by atoms with Gasteiger partial charge in [0, 0.05) is 17.0 Å². The maximum Gasteiger partial charge on any atom is 0.363 e. The molecule has 1 atom stereocenters. The molecule has 1 unspecified atom stereocenters. The molecule has 0 fully saturated rings. The molecule has 0 aliphatic carbocycles. The van der Waals surface area contributed by atoms with E-state index in [0.717, 1.165) is 22.0 Å². The Hall–Kier alpha value is -0.780. The molecule has 1 aromatic heterocycles. The van der Waals surface area contributed by atoms with E-state index in [4.69, 9.17) is 18.8 Å². The van der Waals surface area contributed by atoms with Gasteiger partial charge < -0.3 is 13.8 Å². The van der Waals surface area contributed by atoms with Gasteiger partial charge in [0.15, 0.2) is 0 Å². The number of nitrogens with zero attached hydrogens (tertiary/aromatic N) is 1. The zero-order valence-corrected chi connectivity index (χ0v) is 18.5. The van der Waals surface area contributed by atoms with Crippen molar-refractivity contribution < 1.29 is 18.3 Å². The van der Waals surface area contributed by atoms with Gasteiger partial charge in [0.05, 0.1) is 35.8 Å². The van der Waals surface area contributed by atoms with Crippen LogP contribution < -0.4 is 5.30 Å². The Kier molecular flexibility index (Phi) is 7.80. The van der Waals surface area contributed by atoms with E-state index in [-0.39, 0.29) is 6.10 Å². The summed E-state index contributed by atoms with van der Waals surface area (Å²) in [5.41, 5.74) is 1.44. The van der Waals surface area contributed by atoms with Crippen LogP contribution in [0.4, 0.5) is 0 Å². The highest BCUT2D eigenvalue weighted by Gasteiger charge is 2.30. The fourth-order valence-electron chi connectivity index (χ4n) is 2.87. The molecular formula is C19H27BrNO4P. The highest BCUT2D eigenvalue weighted by atomic mass is 79.9. The number of pyridine rings is 1. The smallest absolute Gasteiger partial charge is 0.363 e. The Bertz CT molecular complexity index is 786. The lowest BCUT2D eigenvalue weighted by molar-refractivity contribution is 0.0814. The summed E-state index contributed by atoms with van der Waals surface area (Å²) >= 11 is 3.49. The van der Waals surface area contributed by atoms with Crippen LogP contribution in [-0.4, -0.2) is 25.3 Å². The third-order valence-electron chi connectivity index (χ3n) is 3.95. The van der Waals surface area contributed by atoms with Crippen LogP contribution >= 0.6 is 23.5 Å². The van der Waals surface area contributed by atoms with Gasteiger partial charge in [-0.2, -0.15) is 0 Å². The maximum atomic E-state index is 13.4. The standard InChI is InChI=1S/C19H27BrNO4P/c1-6-24-26(22,25-7-2)18-12-15(20)11-14-8-9-16(21-19(14)18)17(23-5)10-13(3)4/h8-9,11-13,17H,6-7,10H2,1-5H3. The number of hydrogen-bond acceptors (Lipinski definition) is 5. The molecule has 0 saturated carbocycles. The highest BCUT2D eigenvalue weighted by Crippen LogP contribution is 2.48. The van der Waals surface area contributed by atoms with Gasteiger partial charge in [-0.3, -0.25) is 4.57 Å². The average molecular weight is 444 g/mol. The normalized spacial score (nSPS) is 13.5. The summed E-state index contributed by atoms with van der Waals surface area (Å²) < 4.78 is 30.9. The van der Waals surface area contributed by atoms with Crippen LogP contribution in [-0.2, 0) is 18.3 Å². The van der Waals surface area contributed by atoms with E-state index in [1.165, 1.54) is 0 Å². The zero-order chi connectivity index (χ0) is 19.3. The number of benzene rings is 1. The van der Waals surface area contributed by atoms with Gasteiger partial charge in [-0.15, -0.1) is 0 Å². The summed E-state index contributed by atoms with van der Waals surface area (Å²) in [6, 6.07) is 7.65. The molecule has 26 heavy (non-hydrogen) atoms. The summed E-state index contributed by atoms with van der Waals surface area (Å²) in [5, 5.41) is 1.35. The first kappa shape index (κ1) is 21.5. The first-order chi connectivity index (χ1) is 12.3. The number of methoxy groups -OCH3 is 1. The Morgan fingerprint density at radius 1 is 1.15 bits per heavy atom. The molecule has 0 amide bonds. The fraction of sp³-hybridized carbons (Fsp3) is 0.526. The topological polar surface area (TPSA) is 57.7 Å². The van der Waals surface area contributed by atoms with Gasteiger partial charge in [0.25, 0.3) is 0 Å². The van der Waals surface area contributed by atoms with Crippen molar-refractivity contribution in [2.45, 2.75) is 40.2 Å². The van der Waals surface area contributed by atoms with E-state index in [1.807, 2.05) is 18.2 Å². The molecule has 0 spiro atoms. The van der Waals surface area contributed by atoms with Crippen molar-refractivity contribution in [3.05, 3.63) is 34.4 Å². The number of rotatable bonds is 9. The molecule has 2 aromatic rings. The summed E-state index contributed by atoms with van der Waals surface area (Å²) in [6.45, 7) is 8.47. The van der Waals surface area contributed by atoms with Crippen molar-refractivity contribution >= 4 is 39.7 Å². The first-order valence-electron chi connectivity index (χ1n) is 8.87. The third-order valence-corrected chi connectivity index (χ3v) is 6.54. The van der Waals surface area contributed by atoms with Gasteiger partial charge >= 0.3 is 7.60 Å². The first-order valence-corrected chi connectivity index (χ1v) is 11.2. The number of fused-ring (bicyclic) bond motifs is 1. The molecule has 0 N–H and O–H groups in total. The van der Waals surface area contributed by atoms with Crippen molar-refractivity contribution in [2.24, 2.45) is 5.92 Å². The largest absolute Gasteiger partial charge is 0.375 e. The molecule has 5 nitrogen and oxygen atoms in total. The molecule has 2 rings (SSSR count). The Balaban J connectivity index is 2.65. The lowest BCUT2D eigenvalue weighted by Crippen LogP contribution is -2.15. The Morgan fingerprint density at radius 3 is 2.35 bits per heavy atom. The summed E-state index contributed by atoms with van der Waals surface area (Å²) in [4.78, 5) is 4.79. The summed E-state index contributed by atoms with van der Waals surface area (Å²) in [5.74, 6) is 0.472. The molecule has 0 saturated heterocycles. The molecule has 0 bridgehead atoms. The second-order valence-electron chi connectivity index (χ2n) is 6.42. The van der Waals surface area contributed by atoms with Crippen LogP contribution in [0.25, 0.3) is 10.9 Å². The van der Waals surface area contributed by atoms with E-state index in [0.29, 0.717) is 30.0 Å². The van der Waals surface area contributed by atoms with E-state index < -0.39 is 7.60 Å². The van der Waals surface area contributed by atoms with Gasteiger partial charge in [-0.25, -0.2) is 4.98 Å². The highest BCUT2D eigenvalue weighted by molar-refractivity contribution is 9.10. The minimum Gasteiger partial charge on any atom is -0.375 e. The predicted molar refractivity (Wildman–Crippen MR) is 109 cm³/mol. The van der Waals surface area contributed by atoms with Crippen molar-refractivity contribution in [1.29, 1.82) is 0 Å². The van der Waals surface area contributed by atoms with Crippen molar-refractivity contribution in [2.75, 3.05) is 20.3 Å².